The average molecular weight is 696 g/mol. The molecule has 2 N–H and O–H groups in total. The molecule has 0 bridgehead atoms. The maximum absolute atomic E-state index is 14.1. The van der Waals surface area contributed by atoms with Gasteiger partial charge in [0.2, 0.25) is 0 Å². The molecule has 0 amide bonds. The van der Waals surface area contributed by atoms with E-state index >= 15 is 0 Å². The normalized spacial score (nSPS) is 14.8. The van der Waals surface area contributed by atoms with Gasteiger partial charge in [-0.1, -0.05) is 6.07 Å². The number of aryl methyl sites for hydroxylation is 1. The van der Waals surface area contributed by atoms with Crippen molar-refractivity contribution in [3.05, 3.63) is 76.7 Å². The Morgan fingerprint density at radius 2 is 1.56 bits per heavy atom. The Hall–Kier alpha value is -4.20. The quantitative estimate of drug-likeness (QED) is 0.170. The molecule has 1 aliphatic rings. The first-order valence-corrected chi connectivity index (χ1v) is 15.9. The number of carboxylic acids is 1. The van der Waals surface area contributed by atoms with Gasteiger partial charge in [-0.3, -0.25) is 9.59 Å². The van der Waals surface area contributed by atoms with Crippen molar-refractivity contribution in [3.8, 4) is 10.4 Å². The predicted molar refractivity (Wildman–Crippen MR) is 170 cm³/mol. The van der Waals surface area contributed by atoms with Gasteiger partial charge in [0.25, 0.3) is 0 Å². The summed E-state index contributed by atoms with van der Waals surface area (Å²) in [5.41, 5.74) is -3.46. The number of ketones is 1. The second kappa shape index (κ2) is 13.0. The van der Waals surface area contributed by atoms with E-state index in [1.807, 2.05) is 0 Å². The molecular formula is C34H32F7N3O3S. The summed E-state index contributed by atoms with van der Waals surface area (Å²) in [5.74, 6) is -1.28. The molecule has 1 fully saturated rings. The van der Waals surface area contributed by atoms with Crippen LogP contribution in [0.2, 0.25) is 0 Å². The standard InChI is InChI=1S/C34H32F7N3O3S/c1-18-12-23(35)4-5-24(18)29-28(25-6-9-42-31(30(25)48-29)44-10-7-19(8-11-44)13-27(46)47)43-17-26(45)32(2,3)20-14-21(33(36,37)38)16-22(15-20)34(39,40)41/h4-6,9,12,14-16,19,43H,7-8,10-11,13,17H2,1-3H3,(H,46,47). The molecule has 1 saturated heterocycles. The molecule has 0 aliphatic carbocycles. The van der Waals surface area contributed by atoms with Crippen molar-refractivity contribution in [1.82, 2.24) is 4.98 Å². The van der Waals surface area contributed by atoms with Crippen LogP contribution >= 0.6 is 11.3 Å². The summed E-state index contributed by atoms with van der Waals surface area (Å²) in [4.78, 5) is 32.2. The van der Waals surface area contributed by atoms with E-state index in [2.05, 4.69) is 15.2 Å². The molecule has 1 aliphatic heterocycles. The highest BCUT2D eigenvalue weighted by Crippen LogP contribution is 2.47. The molecule has 0 saturated carbocycles. The van der Waals surface area contributed by atoms with Gasteiger partial charge >= 0.3 is 18.3 Å². The van der Waals surface area contributed by atoms with E-state index in [0.717, 1.165) is 4.70 Å². The number of hydrogen-bond donors (Lipinski definition) is 2. The van der Waals surface area contributed by atoms with Crippen LogP contribution in [0.3, 0.4) is 0 Å². The second-order valence-corrected chi connectivity index (χ2v) is 13.5. The maximum atomic E-state index is 14.1. The number of Topliss-reactive ketones (excluding diaryl/α,β-unsaturated/α-hetero) is 1. The van der Waals surface area contributed by atoms with Gasteiger partial charge in [0, 0.05) is 31.1 Å². The van der Waals surface area contributed by atoms with Crippen LogP contribution in [-0.4, -0.2) is 41.5 Å². The molecule has 48 heavy (non-hydrogen) atoms. The Morgan fingerprint density at radius 3 is 2.12 bits per heavy atom. The number of halogens is 7. The average Bonchev–Trinajstić information content (AvgIpc) is 3.37. The number of benzene rings is 2. The molecule has 2 aromatic heterocycles. The molecule has 3 heterocycles. The molecular weight excluding hydrogens is 663 g/mol. The fourth-order valence-corrected chi connectivity index (χ4v) is 7.32. The molecule has 6 nitrogen and oxygen atoms in total. The highest BCUT2D eigenvalue weighted by Gasteiger charge is 2.40. The number of aromatic nitrogens is 1. The summed E-state index contributed by atoms with van der Waals surface area (Å²) in [7, 11) is 0. The van der Waals surface area contributed by atoms with Gasteiger partial charge in [-0.25, -0.2) is 9.37 Å². The molecule has 0 radical (unpaired) electrons. The van der Waals surface area contributed by atoms with Gasteiger partial charge in [-0.05, 0) is 92.6 Å². The Balaban J connectivity index is 1.52. The number of aliphatic carboxylic acids is 1. The minimum absolute atomic E-state index is 0.0252. The van der Waals surface area contributed by atoms with Crippen LogP contribution in [0.15, 0.2) is 48.7 Å². The van der Waals surface area contributed by atoms with Crippen LogP contribution in [0.1, 0.15) is 55.4 Å². The van der Waals surface area contributed by atoms with Crippen molar-refractivity contribution in [2.45, 2.75) is 57.8 Å². The molecule has 0 atom stereocenters. The number of nitrogens with one attached hydrogen (secondary N) is 1. The van der Waals surface area contributed by atoms with Crippen molar-refractivity contribution >= 4 is 44.7 Å². The molecule has 256 valence electrons. The van der Waals surface area contributed by atoms with E-state index in [9.17, 15) is 45.4 Å². The van der Waals surface area contributed by atoms with E-state index < -0.39 is 58.6 Å². The number of carbonyl (C=O) groups excluding carboxylic acids is 1. The Labute approximate surface area is 275 Å². The summed E-state index contributed by atoms with van der Waals surface area (Å²) in [6.07, 6.45) is -7.16. The topological polar surface area (TPSA) is 82.5 Å². The van der Waals surface area contributed by atoms with E-state index in [-0.39, 0.29) is 18.4 Å². The zero-order chi connectivity index (χ0) is 35.2. The molecule has 2 aromatic carbocycles. The van der Waals surface area contributed by atoms with Crippen molar-refractivity contribution < 1.29 is 45.4 Å². The van der Waals surface area contributed by atoms with Crippen LogP contribution < -0.4 is 10.2 Å². The third-order valence-electron chi connectivity index (χ3n) is 8.83. The fraction of sp³-hybridized carbons (Fsp3) is 0.382. The third kappa shape index (κ3) is 7.27. The number of rotatable bonds is 9. The van der Waals surface area contributed by atoms with Crippen LogP contribution in [0.25, 0.3) is 20.5 Å². The number of anilines is 2. The second-order valence-electron chi connectivity index (χ2n) is 12.5. The summed E-state index contributed by atoms with van der Waals surface area (Å²) >= 11 is 1.35. The summed E-state index contributed by atoms with van der Waals surface area (Å²) in [6.45, 7) is 4.97. The summed E-state index contributed by atoms with van der Waals surface area (Å²) in [6, 6.07) is 7.14. The summed E-state index contributed by atoms with van der Waals surface area (Å²) < 4.78 is 96.4. The highest BCUT2D eigenvalue weighted by atomic mass is 32.1. The highest BCUT2D eigenvalue weighted by molar-refractivity contribution is 7.23. The van der Waals surface area contributed by atoms with E-state index in [4.69, 9.17) is 0 Å². The smallest absolute Gasteiger partial charge is 0.416 e. The number of alkyl halides is 6. The number of carboxylic acid groups (broad SMARTS) is 1. The first kappa shape index (κ1) is 35.1. The first-order valence-electron chi connectivity index (χ1n) is 15.1. The van der Waals surface area contributed by atoms with Gasteiger partial charge in [-0.2, -0.15) is 26.3 Å². The van der Waals surface area contributed by atoms with Crippen LogP contribution in [0.4, 0.5) is 42.2 Å². The van der Waals surface area contributed by atoms with Gasteiger partial charge in [0.1, 0.15) is 11.6 Å². The number of hydrogen-bond acceptors (Lipinski definition) is 6. The molecule has 0 spiro atoms. The lowest BCUT2D eigenvalue weighted by atomic mass is 9.79. The van der Waals surface area contributed by atoms with Crippen molar-refractivity contribution in [3.63, 3.8) is 0 Å². The number of thiophene rings is 1. The number of fused-ring (bicyclic) bond motifs is 1. The van der Waals surface area contributed by atoms with Gasteiger partial charge in [0.15, 0.2) is 5.78 Å². The predicted octanol–water partition coefficient (Wildman–Crippen LogP) is 9.10. The number of piperidine rings is 1. The fourth-order valence-electron chi connectivity index (χ4n) is 5.94. The molecule has 0 unspecified atom stereocenters. The third-order valence-corrected chi connectivity index (χ3v) is 10.1. The number of pyridine rings is 1. The SMILES string of the molecule is Cc1cc(F)ccc1-c1sc2c(N3CCC(CC(=O)O)CC3)nccc2c1NCC(=O)C(C)(C)c1cc(C(F)(F)F)cc(C(F)(F)F)c1. The maximum Gasteiger partial charge on any atom is 0.416 e. The van der Waals surface area contributed by atoms with Crippen LogP contribution in [0.5, 0.6) is 0 Å². The summed E-state index contributed by atoms with van der Waals surface area (Å²) in [5, 5.41) is 13.0. The Bertz CT molecular complexity index is 1830. The monoisotopic (exact) mass is 695 g/mol. The van der Waals surface area contributed by atoms with Crippen LogP contribution in [0, 0.1) is 18.7 Å². The number of nitrogens with zero attached hydrogens (tertiary/aromatic N) is 2. The van der Waals surface area contributed by atoms with Crippen LogP contribution in [-0.2, 0) is 27.4 Å². The zero-order valence-corrected chi connectivity index (χ0v) is 27.0. The van der Waals surface area contributed by atoms with E-state index in [1.165, 1.54) is 37.3 Å². The molecule has 4 aromatic rings. The van der Waals surface area contributed by atoms with Crippen molar-refractivity contribution in [2.24, 2.45) is 5.92 Å². The number of carbonyl (C=O) groups is 2. The van der Waals surface area contributed by atoms with Crippen molar-refractivity contribution in [2.75, 3.05) is 29.9 Å². The van der Waals surface area contributed by atoms with E-state index in [0.29, 0.717) is 71.0 Å². The largest absolute Gasteiger partial charge is 0.481 e. The Kier molecular flexibility index (Phi) is 9.52. The lowest BCUT2D eigenvalue weighted by Gasteiger charge is -2.32. The van der Waals surface area contributed by atoms with E-state index in [1.54, 1.807) is 25.3 Å². The van der Waals surface area contributed by atoms with Crippen molar-refractivity contribution in [1.29, 1.82) is 0 Å². The minimum Gasteiger partial charge on any atom is -0.481 e. The Morgan fingerprint density at radius 1 is 0.958 bits per heavy atom. The zero-order valence-electron chi connectivity index (χ0n) is 26.2. The first-order chi connectivity index (χ1) is 22.4. The minimum atomic E-state index is -5.07. The van der Waals surface area contributed by atoms with Gasteiger partial charge < -0.3 is 15.3 Å². The molecule has 14 heteroatoms. The molecule has 5 rings (SSSR count). The lowest BCUT2D eigenvalue weighted by molar-refractivity contribution is -0.143. The lowest BCUT2D eigenvalue weighted by Crippen LogP contribution is -2.35. The van der Waals surface area contributed by atoms with Gasteiger partial charge in [0.05, 0.1) is 38.4 Å². The van der Waals surface area contributed by atoms with Gasteiger partial charge in [-0.15, -0.1) is 11.3 Å².